The molecule has 4 rings (SSSR count). The molecule has 2 unspecified atom stereocenters. The van der Waals surface area contributed by atoms with Crippen molar-refractivity contribution in [2.24, 2.45) is 5.92 Å². The first-order valence-electron chi connectivity index (χ1n) is 8.19. The Kier molecular flexibility index (Phi) is 3.34. The number of hydrogen-bond donors (Lipinski definition) is 1. The average Bonchev–Trinajstić information content (AvgIpc) is 2.92. The lowest BCUT2D eigenvalue weighted by molar-refractivity contribution is 0.0486. The van der Waals surface area contributed by atoms with Gasteiger partial charge in [-0.3, -0.25) is 4.90 Å². The number of anilines is 1. The number of nitrogen functional groups attached to an aromatic ring is 1. The van der Waals surface area contributed by atoms with Crippen molar-refractivity contribution < 1.29 is 4.42 Å². The third-order valence-electron chi connectivity index (χ3n) is 5.19. The zero-order valence-electron chi connectivity index (χ0n) is 12.4. The zero-order chi connectivity index (χ0) is 14.2. The van der Waals surface area contributed by atoms with Crippen molar-refractivity contribution in [3.05, 3.63) is 24.1 Å². The van der Waals surface area contributed by atoms with E-state index in [2.05, 4.69) is 9.88 Å². The zero-order valence-corrected chi connectivity index (χ0v) is 12.4. The maximum atomic E-state index is 5.97. The molecule has 2 aromatic rings. The van der Waals surface area contributed by atoms with Crippen LogP contribution in [-0.4, -0.2) is 22.5 Å². The molecule has 2 aliphatic rings. The van der Waals surface area contributed by atoms with E-state index in [1.807, 2.05) is 18.2 Å². The van der Waals surface area contributed by atoms with Crippen molar-refractivity contribution >= 4 is 16.8 Å². The van der Waals surface area contributed by atoms with Crippen LogP contribution >= 0.6 is 0 Å². The summed E-state index contributed by atoms with van der Waals surface area (Å²) < 4.78 is 5.90. The molecule has 112 valence electrons. The maximum absolute atomic E-state index is 5.97. The van der Waals surface area contributed by atoms with Crippen molar-refractivity contribution in [2.45, 2.75) is 51.1 Å². The fourth-order valence-corrected chi connectivity index (χ4v) is 4.18. The number of aromatic nitrogens is 1. The van der Waals surface area contributed by atoms with E-state index in [4.69, 9.17) is 10.2 Å². The predicted octanol–water partition coefficient (Wildman–Crippen LogP) is 3.56. The van der Waals surface area contributed by atoms with Gasteiger partial charge in [0.25, 0.3) is 0 Å². The van der Waals surface area contributed by atoms with Crippen molar-refractivity contribution in [2.75, 3.05) is 12.3 Å². The van der Waals surface area contributed by atoms with Crippen molar-refractivity contribution in [1.82, 2.24) is 9.88 Å². The first-order valence-corrected chi connectivity index (χ1v) is 8.19. The normalized spacial score (nSPS) is 26.9. The lowest BCUT2D eigenvalue weighted by atomic mass is 9.78. The molecular formula is C17H23N3O. The van der Waals surface area contributed by atoms with Crippen LogP contribution in [0.1, 0.15) is 44.4 Å². The third-order valence-corrected chi connectivity index (χ3v) is 5.19. The van der Waals surface area contributed by atoms with Gasteiger partial charge >= 0.3 is 0 Å². The summed E-state index contributed by atoms with van der Waals surface area (Å²) in [5.74, 6) is 1.70. The lowest BCUT2D eigenvalue weighted by Crippen LogP contribution is -2.46. The van der Waals surface area contributed by atoms with Crippen LogP contribution in [0.4, 0.5) is 5.69 Å². The Balaban J connectivity index is 1.57. The van der Waals surface area contributed by atoms with Gasteiger partial charge in [0, 0.05) is 6.04 Å². The topological polar surface area (TPSA) is 55.3 Å². The van der Waals surface area contributed by atoms with Crippen LogP contribution < -0.4 is 5.73 Å². The summed E-state index contributed by atoms with van der Waals surface area (Å²) in [6.07, 6.45) is 8.24. The highest BCUT2D eigenvalue weighted by Gasteiger charge is 2.33. The number of nitrogens with zero attached hydrogens (tertiary/aromatic N) is 2. The van der Waals surface area contributed by atoms with Crippen LogP contribution in [0, 0.1) is 5.92 Å². The quantitative estimate of drug-likeness (QED) is 0.857. The van der Waals surface area contributed by atoms with E-state index in [0.29, 0.717) is 5.69 Å². The molecule has 1 aromatic heterocycles. The number of likely N-dealkylation sites (tertiary alicyclic amines) is 1. The molecule has 1 aromatic carbocycles. The summed E-state index contributed by atoms with van der Waals surface area (Å²) in [6.45, 7) is 2.00. The van der Waals surface area contributed by atoms with Crippen LogP contribution in [0.5, 0.6) is 0 Å². The number of rotatable bonds is 2. The minimum absolute atomic E-state index is 0.705. The van der Waals surface area contributed by atoms with E-state index in [1.54, 1.807) is 0 Å². The van der Waals surface area contributed by atoms with Gasteiger partial charge in [0.15, 0.2) is 5.58 Å². The molecule has 1 aliphatic heterocycles. The SMILES string of the molecule is Nc1cccc2oc(CN3CCCC4CCCCC43)nc12. The van der Waals surface area contributed by atoms with Gasteiger partial charge in [0.1, 0.15) is 5.52 Å². The summed E-state index contributed by atoms with van der Waals surface area (Å²) in [7, 11) is 0. The number of nitrogens with two attached hydrogens (primary N) is 1. The Morgan fingerprint density at radius 1 is 1.19 bits per heavy atom. The summed E-state index contributed by atoms with van der Waals surface area (Å²) >= 11 is 0. The number of oxazole rings is 1. The van der Waals surface area contributed by atoms with E-state index in [1.165, 1.54) is 45.1 Å². The van der Waals surface area contributed by atoms with Gasteiger partial charge in [-0.15, -0.1) is 0 Å². The molecule has 0 spiro atoms. The fourth-order valence-electron chi connectivity index (χ4n) is 4.18. The molecule has 1 aliphatic carbocycles. The molecule has 0 radical (unpaired) electrons. The van der Waals surface area contributed by atoms with Crippen LogP contribution in [0.25, 0.3) is 11.1 Å². The standard InChI is InChI=1S/C17H23N3O/c18-13-7-3-9-15-17(13)19-16(21-15)11-20-10-4-6-12-5-1-2-8-14(12)20/h3,7,9,12,14H,1-2,4-6,8,10-11,18H2. The molecular weight excluding hydrogens is 262 g/mol. The number of benzene rings is 1. The van der Waals surface area contributed by atoms with E-state index in [-0.39, 0.29) is 0 Å². The predicted molar refractivity (Wildman–Crippen MR) is 83.8 cm³/mol. The highest BCUT2D eigenvalue weighted by atomic mass is 16.3. The molecule has 2 N–H and O–H groups in total. The molecule has 1 saturated carbocycles. The lowest BCUT2D eigenvalue weighted by Gasteiger charge is -2.43. The largest absolute Gasteiger partial charge is 0.439 e. The second kappa shape index (κ2) is 5.34. The van der Waals surface area contributed by atoms with Gasteiger partial charge in [0.05, 0.1) is 12.2 Å². The molecule has 4 nitrogen and oxygen atoms in total. The Morgan fingerprint density at radius 2 is 2.05 bits per heavy atom. The summed E-state index contributed by atoms with van der Waals surface area (Å²) in [5.41, 5.74) is 8.30. The van der Waals surface area contributed by atoms with E-state index >= 15 is 0 Å². The fraction of sp³-hybridized carbons (Fsp3) is 0.588. The minimum Gasteiger partial charge on any atom is -0.439 e. The summed E-state index contributed by atoms with van der Waals surface area (Å²) in [4.78, 5) is 7.20. The first kappa shape index (κ1) is 13.1. The Labute approximate surface area is 125 Å². The highest BCUT2D eigenvalue weighted by molar-refractivity contribution is 5.85. The van der Waals surface area contributed by atoms with Crippen LogP contribution in [0.15, 0.2) is 22.6 Å². The molecule has 21 heavy (non-hydrogen) atoms. The molecule has 1 saturated heterocycles. The van der Waals surface area contributed by atoms with Gasteiger partial charge in [-0.2, -0.15) is 0 Å². The molecule has 2 fully saturated rings. The number of piperidine rings is 1. The average molecular weight is 285 g/mol. The van der Waals surface area contributed by atoms with Crippen LogP contribution in [0.3, 0.4) is 0 Å². The van der Waals surface area contributed by atoms with Gasteiger partial charge in [-0.1, -0.05) is 18.9 Å². The van der Waals surface area contributed by atoms with Gasteiger partial charge in [0.2, 0.25) is 5.89 Å². The highest BCUT2D eigenvalue weighted by Crippen LogP contribution is 2.36. The molecule has 0 amide bonds. The van der Waals surface area contributed by atoms with Gasteiger partial charge in [-0.25, -0.2) is 4.98 Å². The number of hydrogen-bond acceptors (Lipinski definition) is 4. The van der Waals surface area contributed by atoms with Crippen molar-refractivity contribution in [3.63, 3.8) is 0 Å². The van der Waals surface area contributed by atoms with E-state index < -0.39 is 0 Å². The van der Waals surface area contributed by atoms with Crippen LogP contribution in [-0.2, 0) is 6.54 Å². The third kappa shape index (κ3) is 2.42. The van der Waals surface area contributed by atoms with E-state index in [9.17, 15) is 0 Å². The van der Waals surface area contributed by atoms with Gasteiger partial charge in [-0.05, 0) is 50.3 Å². The second-order valence-corrected chi connectivity index (χ2v) is 6.53. The summed E-state index contributed by atoms with van der Waals surface area (Å²) in [6, 6.07) is 6.49. The summed E-state index contributed by atoms with van der Waals surface area (Å²) in [5, 5.41) is 0. The number of para-hydroxylation sites is 1. The smallest absolute Gasteiger partial charge is 0.209 e. The Hall–Kier alpha value is -1.55. The minimum atomic E-state index is 0.705. The number of fused-ring (bicyclic) bond motifs is 2. The van der Waals surface area contributed by atoms with Crippen LogP contribution in [0.2, 0.25) is 0 Å². The second-order valence-electron chi connectivity index (χ2n) is 6.53. The Morgan fingerprint density at radius 3 is 2.95 bits per heavy atom. The molecule has 2 heterocycles. The first-order chi connectivity index (χ1) is 10.3. The Bertz CT molecular complexity index is 634. The van der Waals surface area contributed by atoms with Gasteiger partial charge < -0.3 is 10.2 Å². The molecule has 0 bridgehead atoms. The molecule has 2 atom stereocenters. The van der Waals surface area contributed by atoms with E-state index in [0.717, 1.165) is 35.5 Å². The van der Waals surface area contributed by atoms with Crippen molar-refractivity contribution in [1.29, 1.82) is 0 Å². The van der Waals surface area contributed by atoms with Crippen molar-refractivity contribution in [3.8, 4) is 0 Å². The molecule has 4 heteroatoms. The monoisotopic (exact) mass is 285 g/mol. The maximum Gasteiger partial charge on any atom is 0.209 e.